The molecule has 29 heavy (non-hydrogen) atoms. The third-order valence-corrected chi connectivity index (χ3v) is 6.43. The SMILES string of the molecule is CC1CCCCC1NC(=O)C(=O)c1cn(CC(=O)N2CCCC2)c2ccccc12. The van der Waals surface area contributed by atoms with E-state index in [-0.39, 0.29) is 18.5 Å². The molecule has 6 heteroatoms. The van der Waals surface area contributed by atoms with Gasteiger partial charge in [-0.05, 0) is 37.7 Å². The quantitative estimate of drug-likeness (QED) is 0.624. The molecule has 0 spiro atoms. The molecule has 0 bridgehead atoms. The number of likely N-dealkylation sites (tertiary alicyclic amines) is 1. The number of para-hydroxylation sites is 1. The number of amides is 2. The number of aromatic nitrogens is 1. The molecule has 2 aromatic rings. The maximum absolute atomic E-state index is 13.0. The molecule has 2 heterocycles. The predicted molar refractivity (Wildman–Crippen MR) is 112 cm³/mol. The van der Waals surface area contributed by atoms with Crippen LogP contribution in [0.2, 0.25) is 0 Å². The molecule has 4 rings (SSSR count). The number of fused-ring (bicyclic) bond motifs is 1. The van der Waals surface area contributed by atoms with Crippen molar-refractivity contribution in [1.29, 1.82) is 0 Å². The van der Waals surface area contributed by atoms with E-state index in [1.807, 2.05) is 29.2 Å². The summed E-state index contributed by atoms with van der Waals surface area (Å²) in [5.41, 5.74) is 1.18. The summed E-state index contributed by atoms with van der Waals surface area (Å²) in [6.07, 6.45) is 8.03. The number of nitrogens with one attached hydrogen (secondary N) is 1. The summed E-state index contributed by atoms with van der Waals surface area (Å²) < 4.78 is 1.81. The van der Waals surface area contributed by atoms with Gasteiger partial charge in [0, 0.05) is 36.2 Å². The lowest BCUT2D eigenvalue weighted by Crippen LogP contribution is -2.44. The maximum atomic E-state index is 13.0. The molecule has 1 aromatic heterocycles. The Morgan fingerprint density at radius 2 is 1.76 bits per heavy atom. The lowest BCUT2D eigenvalue weighted by atomic mass is 9.86. The summed E-state index contributed by atoms with van der Waals surface area (Å²) in [6, 6.07) is 7.54. The first kappa shape index (κ1) is 19.7. The van der Waals surface area contributed by atoms with Crippen molar-refractivity contribution in [2.75, 3.05) is 13.1 Å². The topological polar surface area (TPSA) is 71.4 Å². The van der Waals surface area contributed by atoms with Gasteiger partial charge in [-0.15, -0.1) is 0 Å². The van der Waals surface area contributed by atoms with Crippen molar-refractivity contribution in [2.45, 2.75) is 58.0 Å². The number of hydrogen-bond acceptors (Lipinski definition) is 3. The molecule has 2 atom stereocenters. The molecule has 2 fully saturated rings. The fraction of sp³-hybridized carbons (Fsp3) is 0.522. The summed E-state index contributed by atoms with van der Waals surface area (Å²) in [6.45, 7) is 3.91. The van der Waals surface area contributed by atoms with Crippen LogP contribution < -0.4 is 5.32 Å². The Kier molecular flexibility index (Phi) is 5.69. The van der Waals surface area contributed by atoms with Gasteiger partial charge in [-0.1, -0.05) is 38.0 Å². The van der Waals surface area contributed by atoms with Crippen LogP contribution in [0.3, 0.4) is 0 Å². The third-order valence-electron chi connectivity index (χ3n) is 6.43. The molecule has 0 radical (unpaired) electrons. The Bertz CT molecular complexity index is 927. The van der Waals surface area contributed by atoms with Gasteiger partial charge in [0.1, 0.15) is 6.54 Å². The first-order chi connectivity index (χ1) is 14.0. The lowest BCUT2D eigenvalue weighted by Gasteiger charge is -2.29. The Hall–Kier alpha value is -2.63. The second-order valence-corrected chi connectivity index (χ2v) is 8.45. The van der Waals surface area contributed by atoms with E-state index in [2.05, 4.69) is 12.2 Å². The van der Waals surface area contributed by atoms with E-state index in [0.29, 0.717) is 11.5 Å². The summed E-state index contributed by atoms with van der Waals surface area (Å²) in [5, 5.41) is 3.67. The van der Waals surface area contributed by atoms with Crippen LogP contribution in [-0.4, -0.2) is 46.2 Å². The van der Waals surface area contributed by atoms with Gasteiger partial charge >= 0.3 is 0 Å². The van der Waals surface area contributed by atoms with Crippen LogP contribution >= 0.6 is 0 Å². The van der Waals surface area contributed by atoms with Crippen LogP contribution in [0.25, 0.3) is 10.9 Å². The molecule has 1 N–H and O–H groups in total. The van der Waals surface area contributed by atoms with Crippen molar-refractivity contribution in [3.8, 4) is 0 Å². The molecule has 2 unspecified atom stereocenters. The van der Waals surface area contributed by atoms with Crippen LogP contribution in [0.1, 0.15) is 55.8 Å². The van der Waals surface area contributed by atoms with E-state index in [4.69, 9.17) is 0 Å². The summed E-state index contributed by atoms with van der Waals surface area (Å²) in [7, 11) is 0. The minimum atomic E-state index is -0.544. The highest BCUT2D eigenvalue weighted by molar-refractivity contribution is 6.45. The summed E-state index contributed by atoms with van der Waals surface area (Å²) >= 11 is 0. The van der Waals surface area contributed by atoms with E-state index in [0.717, 1.165) is 56.1 Å². The highest BCUT2D eigenvalue weighted by Crippen LogP contribution is 2.25. The first-order valence-corrected chi connectivity index (χ1v) is 10.8. The van der Waals surface area contributed by atoms with Crippen molar-refractivity contribution in [1.82, 2.24) is 14.8 Å². The fourth-order valence-corrected chi connectivity index (χ4v) is 4.66. The molecule has 2 amide bonds. The maximum Gasteiger partial charge on any atom is 0.292 e. The lowest BCUT2D eigenvalue weighted by molar-refractivity contribution is -0.130. The number of Topliss-reactive ketones (excluding diaryl/α,β-unsaturated/α-hetero) is 1. The summed E-state index contributed by atoms with van der Waals surface area (Å²) in [4.78, 5) is 40.1. The zero-order chi connectivity index (χ0) is 20.4. The largest absolute Gasteiger partial charge is 0.346 e. The normalized spacial score (nSPS) is 22.0. The predicted octanol–water partition coefficient (Wildman–Crippen LogP) is 3.14. The number of hydrogen-bond donors (Lipinski definition) is 1. The van der Waals surface area contributed by atoms with E-state index in [1.165, 1.54) is 6.42 Å². The van der Waals surface area contributed by atoms with E-state index >= 15 is 0 Å². The molecule has 154 valence electrons. The highest BCUT2D eigenvalue weighted by atomic mass is 16.2. The number of rotatable bonds is 5. The second-order valence-electron chi connectivity index (χ2n) is 8.45. The van der Waals surface area contributed by atoms with Gasteiger partial charge in [-0.25, -0.2) is 0 Å². The molecule has 2 aliphatic rings. The first-order valence-electron chi connectivity index (χ1n) is 10.8. The van der Waals surface area contributed by atoms with Gasteiger partial charge in [0.25, 0.3) is 11.7 Å². The Labute approximate surface area is 171 Å². The van der Waals surface area contributed by atoms with E-state index in [1.54, 1.807) is 10.8 Å². The van der Waals surface area contributed by atoms with E-state index < -0.39 is 11.7 Å². The average Bonchev–Trinajstić information content (AvgIpc) is 3.38. The molecular weight excluding hydrogens is 366 g/mol. The highest BCUT2D eigenvalue weighted by Gasteiger charge is 2.28. The van der Waals surface area contributed by atoms with Crippen molar-refractivity contribution in [2.24, 2.45) is 5.92 Å². The van der Waals surface area contributed by atoms with Crippen LogP contribution in [0.4, 0.5) is 0 Å². The van der Waals surface area contributed by atoms with Crippen molar-refractivity contribution < 1.29 is 14.4 Å². The van der Waals surface area contributed by atoms with Crippen LogP contribution in [0.15, 0.2) is 30.5 Å². The van der Waals surface area contributed by atoms with Crippen LogP contribution in [0, 0.1) is 5.92 Å². The molecule has 1 saturated carbocycles. The number of ketones is 1. The molecule has 6 nitrogen and oxygen atoms in total. The Morgan fingerprint density at radius 1 is 1.03 bits per heavy atom. The van der Waals surface area contributed by atoms with Gasteiger partial charge in [0.05, 0.1) is 5.56 Å². The van der Waals surface area contributed by atoms with Crippen molar-refractivity contribution >= 4 is 28.5 Å². The fourth-order valence-electron chi connectivity index (χ4n) is 4.66. The third kappa shape index (κ3) is 4.07. The number of benzene rings is 1. The zero-order valence-corrected chi connectivity index (χ0v) is 17.0. The van der Waals surface area contributed by atoms with Gasteiger partial charge in [-0.3, -0.25) is 14.4 Å². The smallest absolute Gasteiger partial charge is 0.292 e. The van der Waals surface area contributed by atoms with Gasteiger partial charge in [0.2, 0.25) is 5.91 Å². The second kappa shape index (κ2) is 8.39. The molecular formula is C23H29N3O3. The van der Waals surface area contributed by atoms with Crippen LogP contribution in [-0.2, 0) is 16.1 Å². The average molecular weight is 396 g/mol. The van der Waals surface area contributed by atoms with Gasteiger partial charge < -0.3 is 14.8 Å². The minimum absolute atomic E-state index is 0.0581. The van der Waals surface area contributed by atoms with Crippen molar-refractivity contribution in [3.63, 3.8) is 0 Å². The number of nitrogens with zero attached hydrogens (tertiary/aromatic N) is 2. The molecule has 1 aliphatic heterocycles. The Morgan fingerprint density at radius 3 is 2.52 bits per heavy atom. The Balaban J connectivity index is 1.55. The molecule has 1 aromatic carbocycles. The molecule has 1 saturated heterocycles. The minimum Gasteiger partial charge on any atom is -0.346 e. The van der Waals surface area contributed by atoms with Gasteiger partial charge in [0.15, 0.2) is 0 Å². The van der Waals surface area contributed by atoms with Gasteiger partial charge in [-0.2, -0.15) is 0 Å². The van der Waals surface area contributed by atoms with Crippen LogP contribution in [0.5, 0.6) is 0 Å². The number of carbonyl (C=O) groups excluding carboxylic acids is 3. The zero-order valence-electron chi connectivity index (χ0n) is 17.0. The number of carbonyl (C=O) groups is 3. The molecule has 1 aliphatic carbocycles. The standard InChI is InChI=1S/C23H29N3O3/c1-16-8-2-4-10-19(16)24-23(29)22(28)18-14-26(20-11-5-3-9-17(18)20)15-21(27)25-12-6-7-13-25/h3,5,9,11,14,16,19H,2,4,6-8,10,12-13,15H2,1H3,(H,24,29). The van der Waals surface area contributed by atoms with Crippen molar-refractivity contribution in [3.05, 3.63) is 36.0 Å². The summed E-state index contributed by atoms with van der Waals surface area (Å²) in [5.74, 6) is -0.619. The monoisotopic (exact) mass is 395 g/mol. The van der Waals surface area contributed by atoms with E-state index in [9.17, 15) is 14.4 Å².